The number of hydrogen-bond donors (Lipinski definition) is 2. The first kappa shape index (κ1) is 13.6. The van der Waals surface area contributed by atoms with Gasteiger partial charge in [-0.3, -0.25) is 0 Å². The minimum atomic E-state index is -0.205. The molecule has 4 N–H and O–H groups in total. The second kappa shape index (κ2) is 6.41. The molecule has 0 bridgehead atoms. The lowest BCUT2D eigenvalue weighted by Gasteiger charge is -2.15. The lowest BCUT2D eigenvalue weighted by atomic mass is 9.97. The summed E-state index contributed by atoms with van der Waals surface area (Å²) in [4.78, 5) is 0. The first-order valence-corrected chi connectivity index (χ1v) is 6.45. The summed E-state index contributed by atoms with van der Waals surface area (Å²) < 4.78 is 10.6. The molecule has 2 unspecified atom stereocenters. The summed E-state index contributed by atoms with van der Waals surface area (Å²) in [5.41, 5.74) is 13.4. The molecule has 0 amide bonds. The van der Waals surface area contributed by atoms with Crippen molar-refractivity contribution in [2.75, 3.05) is 0 Å². The monoisotopic (exact) mass is 260 g/mol. The summed E-state index contributed by atoms with van der Waals surface area (Å²) in [6.45, 7) is 1.98. The van der Waals surface area contributed by atoms with E-state index < -0.39 is 0 Å². The van der Waals surface area contributed by atoms with Gasteiger partial charge in [0, 0.05) is 0 Å². The van der Waals surface area contributed by atoms with Gasteiger partial charge < -0.3 is 20.3 Å². The van der Waals surface area contributed by atoms with E-state index in [0.29, 0.717) is 0 Å². The molecule has 0 aliphatic rings. The van der Waals surface area contributed by atoms with E-state index in [1.807, 2.05) is 37.3 Å². The van der Waals surface area contributed by atoms with Crippen molar-refractivity contribution in [3.8, 4) is 0 Å². The van der Waals surface area contributed by atoms with Gasteiger partial charge in [0.15, 0.2) is 0 Å². The summed E-state index contributed by atoms with van der Waals surface area (Å²) in [5, 5.41) is 0. The molecule has 19 heavy (non-hydrogen) atoms. The molecule has 2 heterocycles. The molecule has 0 saturated heterocycles. The molecule has 0 radical (unpaired) electrons. The number of hydrogen-bond acceptors (Lipinski definition) is 4. The lowest BCUT2D eigenvalue weighted by molar-refractivity contribution is 0.444. The molecule has 2 rings (SSSR count). The Morgan fingerprint density at radius 1 is 1.16 bits per heavy atom. The predicted octanol–water partition coefficient (Wildman–Crippen LogP) is 3.30. The van der Waals surface area contributed by atoms with Crippen molar-refractivity contribution < 1.29 is 8.83 Å². The minimum absolute atomic E-state index is 0.103. The van der Waals surface area contributed by atoms with Gasteiger partial charge >= 0.3 is 0 Å². The van der Waals surface area contributed by atoms with Crippen molar-refractivity contribution in [1.29, 1.82) is 0 Å². The van der Waals surface area contributed by atoms with Crippen molar-refractivity contribution in [3.63, 3.8) is 0 Å². The third-order valence-corrected chi connectivity index (χ3v) is 3.27. The van der Waals surface area contributed by atoms with Gasteiger partial charge in [-0.2, -0.15) is 0 Å². The van der Waals surface area contributed by atoms with Crippen molar-refractivity contribution in [2.24, 2.45) is 11.5 Å². The quantitative estimate of drug-likeness (QED) is 0.781. The highest BCUT2D eigenvalue weighted by molar-refractivity contribution is 5.20. The molecule has 0 aliphatic carbocycles. The van der Waals surface area contributed by atoms with Gasteiger partial charge in [0.25, 0.3) is 0 Å². The summed E-state index contributed by atoms with van der Waals surface area (Å²) in [7, 11) is 0. The van der Waals surface area contributed by atoms with E-state index in [0.717, 1.165) is 29.9 Å². The fraction of sp³-hybridized carbons (Fsp3) is 0.333. The zero-order valence-corrected chi connectivity index (χ0v) is 11.1. The van der Waals surface area contributed by atoms with E-state index in [2.05, 4.69) is 0 Å². The highest BCUT2D eigenvalue weighted by atomic mass is 16.3. The number of rotatable bonds is 6. The van der Waals surface area contributed by atoms with E-state index in [9.17, 15) is 0 Å². The highest BCUT2D eigenvalue weighted by Crippen LogP contribution is 2.26. The molecular formula is C15H20N2O2. The van der Waals surface area contributed by atoms with Crippen LogP contribution in [-0.4, -0.2) is 0 Å². The zero-order chi connectivity index (χ0) is 13.7. The van der Waals surface area contributed by atoms with Crippen LogP contribution in [0.5, 0.6) is 0 Å². The Labute approximate surface area is 113 Å². The summed E-state index contributed by atoms with van der Waals surface area (Å²) in [5.74, 6) is 1.58. The Morgan fingerprint density at radius 2 is 1.79 bits per heavy atom. The summed E-state index contributed by atoms with van der Waals surface area (Å²) in [6.07, 6.45) is 6.92. The predicted molar refractivity (Wildman–Crippen MR) is 74.3 cm³/mol. The Balaban J connectivity index is 1.93. The SMILES string of the molecule is C/C=C(\CCC(N)c1ccco1)C(N)c1ccco1. The molecule has 2 atom stereocenters. The Bertz CT molecular complexity index is 500. The van der Waals surface area contributed by atoms with Crippen LogP contribution in [0, 0.1) is 0 Å². The van der Waals surface area contributed by atoms with Crippen LogP contribution in [0.15, 0.2) is 57.3 Å². The molecule has 0 aromatic carbocycles. The zero-order valence-electron chi connectivity index (χ0n) is 11.1. The van der Waals surface area contributed by atoms with Gasteiger partial charge in [0.2, 0.25) is 0 Å². The van der Waals surface area contributed by atoms with E-state index in [1.54, 1.807) is 12.5 Å². The van der Waals surface area contributed by atoms with Crippen LogP contribution in [0.1, 0.15) is 43.4 Å². The molecule has 0 saturated carbocycles. The minimum Gasteiger partial charge on any atom is -0.468 e. The van der Waals surface area contributed by atoms with Crippen LogP contribution in [0.25, 0.3) is 0 Å². The van der Waals surface area contributed by atoms with E-state index in [4.69, 9.17) is 20.3 Å². The van der Waals surface area contributed by atoms with Crippen molar-refractivity contribution in [3.05, 3.63) is 60.0 Å². The van der Waals surface area contributed by atoms with Crippen LogP contribution in [0.4, 0.5) is 0 Å². The molecule has 102 valence electrons. The van der Waals surface area contributed by atoms with Gasteiger partial charge in [-0.05, 0) is 44.0 Å². The molecule has 0 spiro atoms. The Kier molecular flexibility index (Phi) is 4.60. The molecule has 4 nitrogen and oxygen atoms in total. The number of furan rings is 2. The van der Waals surface area contributed by atoms with Crippen molar-refractivity contribution >= 4 is 0 Å². The Hall–Kier alpha value is -1.78. The molecule has 2 aromatic rings. The largest absolute Gasteiger partial charge is 0.468 e. The van der Waals surface area contributed by atoms with E-state index in [-0.39, 0.29) is 12.1 Å². The smallest absolute Gasteiger partial charge is 0.124 e. The van der Waals surface area contributed by atoms with E-state index >= 15 is 0 Å². The van der Waals surface area contributed by atoms with Crippen LogP contribution in [-0.2, 0) is 0 Å². The molecule has 0 fully saturated rings. The third-order valence-electron chi connectivity index (χ3n) is 3.27. The molecule has 4 heteroatoms. The fourth-order valence-electron chi connectivity index (χ4n) is 2.10. The first-order chi connectivity index (χ1) is 9.22. The van der Waals surface area contributed by atoms with Crippen LogP contribution < -0.4 is 11.5 Å². The average Bonchev–Trinajstić information content (AvgIpc) is 3.11. The van der Waals surface area contributed by atoms with Gasteiger partial charge in [-0.1, -0.05) is 11.6 Å². The van der Waals surface area contributed by atoms with Crippen LogP contribution >= 0.6 is 0 Å². The maximum absolute atomic E-state index is 6.17. The van der Waals surface area contributed by atoms with Crippen molar-refractivity contribution in [1.82, 2.24) is 0 Å². The fourth-order valence-corrected chi connectivity index (χ4v) is 2.10. The average molecular weight is 260 g/mol. The van der Waals surface area contributed by atoms with Crippen LogP contribution in [0.2, 0.25) is 0 Å². The normalized spacial score (nSPS) is 15.4. The standard InChI is InChI=1S/C15H20N2O2/c1-2-11(15(17)14-6-4-10-19-14)7-8-12(16)13-5-3-9-18-13/h2-6,9-10,12,15H,7-8,16-17H2,1H3/b11-2+. The molecular weight excluding hydrogens is 240 g/mol. The number of nitrogens with two attached hydrogens (primary N) is 2. The van der Waals surface area contributed by atoms with Gasteiger partial charge in [-0.15, -0.1) is 0 Å². The summed E-state index contributed by atoms with van der Waals surface area (Å²) in [6, 6.07) is 7.17. The van der Waals surface area contributed by atoms with Crippen molar-refractivity contribution in [2.45, 2.75) is 31.8 Å². The lowest BCUT2D eigenvalue weighted by Crippen LogP contribution is -2.15. The van der Waals surface area contributed by atoms with Gasteiger partial charge in [0.1, 0.15) is 11.5 Å². The maximum atomic E-state index is 6.17. The molecule has 0 aliphatic heterocycles. The van der Waals surface area contributed by atoms with Crippen LogP contribution in [0.3, 0.4) is 0 Å². The molecule has 2 aromatic heterocycles. The topological polar surface area (TPSA) is 78.3 Å². The van der Waals surface area contributed by atoms with Gasteiger partial charge in [0.05, 0.1) is 24.6 Å². The Morgan fingerprint density at radius 3 is 2.32 bits per heavy atom. The van der Waals surface area contributed by atoms with E-state index in [1.165, 1.54) is 0 Å². The second-order valence-corrected chi connectivity index (χ2v) is 4.52. The highest BCUT2D eigenvalue weighted by Gasteiger charge is 2.16. The van der Waals surface area contributed by atoms with Gasteiger partial charge in [-0.25, -0.2) is 0 Å². The maximum Gasteiger partial charge on any atom is 0.124 e. The first-order valence-electron chi connectivity index (χ1n) is 6.45. The number of allylic oxidation sites excluding steroid dienone is 1. The third kappa shape index (κ3) is 3.36. The second-order valence-electron chi connectivity index (χ2n) is 4.52. The summed E-state index contributed by atoms with van der Waals surface area (Å²) >= 11 is 0.